The molecule has 1 aromatic carbocycles. The van der Waals surface area contributed by atoms with Crippen LogP contribution in [0.4, 0.5) is 5.69 Å². The molecule has 0 aliphatic carbocycles. The van der Waals surface area contributed by atoms with Gasteiger partial charge in [0.2, 0.25) is 11.8 Å². The normalized spacial score (nSPS) is 17.3. The summed E-state index contributed by atoms with van der Waals surface area (Å²) in [7, 11) is 3.49. The number of benzene rings is 1. The monoisotopic (exact) mass is 345 g/mol. The Kier molecular flexibility index (Phi) is 7.13. The maximum Gasteiger partial charge on any atom is 0.249 e. The van der Waals surface area contributed by atoms with E-state index in [-0.39, 0.29) is 24.2 Å². The van der Waals surface area contributed by atoms with Crippen molar-refractivity contribution >= 4 is 41.5 Å². The number of amides is 2. The largest absolute Gasteiger partial charge is 0.334 e. The lowest BCUT2D eigenvalue weighted by atomic mass is 10.2. The summed E-state index contributed by atoms with van der Waals surface area (Å²) in [6, 6.07) is 6.87. The van der Waals surface area contributed by atoms with Gasteiger partial charge in [-0.25, -0.2) is 0 Å². The van der Waals surface area contributed by atoms with Gasteiger partial charge in [0.25, 0.3) is 0 Å². The van der Waals surface area contributed by atoms with E-state index < -0.39 is 6.04 Å². The molecule has 1 aliphatic heterocycles. The van der Waals surface area contributed by atoms with Gasteiger partial charge in [0, 0.05) is 26.6 Å². The molecule has 1 aliphatic rings. The van der Waals surface area contributed by atoms with Crippen molar-refractivity contribution in [2.24, 2.45) is 0 Å². The van der Waals surface area contributed by atoms with E-state index in [2.05, 4.69) is 5.32 Å². The van der Waals surface area contributed by atoms with Crippen molar-refractivity contribution in [1.29, 1.82) is 0 Å². The number of hydrogen-bond acceptors (Lipinski definition) is 3. The highest BCUT2D eigenvalue weighted by Gasteiger charge is 2.37. The number of hydrogen-bond donors (Lipinski definition) is 1. The first-order chi connectivity index (χ1) is 10.1. The summed E-state index contributed by atoms with van der Waals surface area (Å²) in [6.45, 7) is 1.19. The van der Waals surface area contributed by atoms with Crippen LogP contribution in [0.1, 0.15) is 12.8 Å². The average molecular weight is 346 g/mol. The number of carbonyl (C=O) groups is 2. The highest BCUT2D eigenvalue weighted by atomic mass is 35.5. The lowest BCUT2D eigenvalue weighted by Crippen LogP contribution is -2.43. The predicted octanol–water partition coefficient (Wildman–Crippen LogP) is 1.93. The van der Waals surface area contributed by atoms with Crippen molar-refractivity contribution < 1.29 is 9.59 Å². The van der Waals surface area contributed by atoms with Crippen LogP contribution >= 0.6 is 24.0 Å². The van der Waals surface area contributed by atoms with Crippen molar-refractivity contribution in [2.75, 3.05) is 32.1 Å². The van der Waals surface area contributed by atoms with Gasteiger partial charge in [-0.3, -0.25) is 9.59 Å². The van der Waals surface area contributed by atoms with Gasteiger partial charge in [-0.05, 0) is 25.6 Å². The van der Waals surface area contributed by atoms with Crippen molar-refractivity contribution in [3.63, 3.8) is 0 Å². The van der Waals surface area contributed by atoms with Crippen LogP contribution in [-0.4, -0.2) is 49.9 Å². The molecule has 0 saturated carbocycles. The number of nitrogens with one attached hydrogen (secondary N) is 1. The number of halogens is 2. The Bertz CT molecular complexity index is 539. The number of para-hydroxylation sites is 1. The summed E-state index contributed by atoms with van der Waals surface area (Å²) in [4.78, 5) is 27.8. The van der Waals surface area contributed by atoms with Crippen LogP contribution < -0.4 is 10.2 Å². The van der Waals surface area contributed by atoms with E-state index in [0.717, 1.165) is 0 Å². The lowest BCUT2D eigenvalue weighted by Gasteiger charge is -2.24. The summed E-state index contributed by atoms with van der Waals surface area (Å²) >= 11 is 6.15. The second-order valence-electron chi connectivity index (χ2n) is 5.10. The van der Waals surface area contributed by atoms with Crippen LogP contribution in [0, 0.1) is 0 Å². The fraction of sp³-hybridized carbons (Fsp3) is 0.467. The van der Waals surface area contributed by atoms with E-state index in [1.165, 1.54) is 0 Å². The summed E-state index contributed by atoms with van der Waals surface area (Å²) in [5, 5.41) is 3.49. The van der Waals surface area contributed by atoms with Gasteiger partial charge in [0.1, 0.15) is 6.04 Å². The van der Waals surface area contributed by atoms with Gasteiger partial charge in [-0.2, -0.15) is 0 Å². The molecule has 1 saturated heterocycles. The second kappa shape index (κ2) is 8.36. The molecule has 1 N–H and O–H groups in total. The molecule has 1 unspecified atom stereocenters. The Labute approximate surface area is 142 Å². The summed E-state index contributed by atoms with van der Waals surface area (Å²) in [5.74, 6) is -0.0906. The maximum atomic E-state index is 12.5. The Hall–Kier alpha value is -1.30. The molecule has 122 valence electrons. The van der Waals surface area contributed by atoms with Crippen LogP contribution in [0.2, 0.25) is 5.02 Å². The van der Waals surface area contributed by atoms with Crippen LogP contribution in [0.25, 0.3) is 0 Å². The number of nitrogens with zero attached hydrogens (tertiary/aromatic N) is 2. The molecule has 1 heterocycles. The number of carbonyl (C=O) groups excluding carboxylic acids is 2. The van der Waals surface area contributed by atoms with Gasteiger partial charge >= 0.3 is 0 Å². The topological polar surface area (TPSA) is 52.7 Å². The molecular formula is C15H21Cl2N3O2. The Morgan fingerprint density at radius 2 is 2.14 bits per heavy atom. The third kappa shape index (κ3) is 3.91. The molecule has 0 aromatic heterocycles. The molecule has 1 aromatic rings. The van der Waals surface area contributed by atoms with Crippen LogP contribution in [0.5, 0.6) is 0 Å². The van der Waals surface area contributed by atoms with Gasteiger partial charge in [0.15, 0.2) is 0 Å². The van der Waals surface area contributed by atoms with E-state index in [0.29, 0.717) is 36.6 Å². The highest BCUT2D eigenvalue weighted by Crippen LogP contribution is 2.30. The lowest BCUT2D eigenvalue weighted by molar-refractivity contribution is -0.136. The predicted molar refractivity (Wildman–Crippen MR) is 90.8 cm³/mol. The van der Waals surface area contributed by atoms with Gasteiger partial charge in [-0.1, -0.05) is 23.7 Å². The van der Waals surface area contributed by atoms with E-state index in [9.17, 15) is 9.59 Å². The van der Waals surface area contributed by atoms with E-state index in [1.807, 2.05) is 18.2 Å². The minimum absolute atomic E-state index is 0. The summed E-state index contributed by atoms with van der Waals surface area (Å²) < 4.78 is 0. The molecule has 0 bridgehead atoms. The number of anilines is 1. The number of likely N-dealkylation sites (N-methyl/N-ethyl adjacent to an activating group) is 1. The third-order valence-electron chi connectivity index (χ3n) is 3.77. The zero-order valence-electron chi connectivity index (χ0n) is 12.7. The van der Waals surface area contributed by atoms with Crippen LogP contribution in [0.3, 0.4) is 0 Å². The first-order valence-corrected chi connectivity index (χ1v) is 7.40. The molecule has 2 rings (SSSR count). The first-order valence-electron chi connectivity index (χ1n) is 7.02. The summed E-state index contributed by atoms with van der Waals surface area (Å²) in [5.41, 5.74) is 0.711. The minimum atomic E-state index is -0.398. The Morgan fingerprint density at radius 3 is 2.77 bits per heavy atom. The quantitative estimate of drug-likeness (QED) is 0.887. The zero-order chi connectivity index (χ0) is 15.4. The number of rotatable bonds is 5. The molecular weight excluding hydrogens is 325 g/mol. The first kappa shape index (κ1) is 18.7. The van der Waals surface area contributed by atoms with E-state index >= 15 is 0 Å². The minimum Gasteiger partial charge on any atom is -0.334 e. The van der Waals surface area contributed by atoms with E-state index in [4.69, 9.17) is 11.6 Å². The molecule has 1 fully saturated rings. The Balaban J connectivity index is 0.00000242. The second-order valence-corrected chi connectivity index (χ2v) is 5.51. The molecule has 0 radical (unpaired) electrons. The smallest absolute Gasteiger partial charge is 0.249 e. The molecule has 1 atom stereocenters. The highest BCUT2D eigenvalue weighted by molar-refractivity contribution is 6.34. The molecule has 0 spiro atoms. The fourth-order valence-electron chi connectivity index (χ4n) is 2.52. The zero-order valence-corrected chi connectivity index (χ0v) is 14.3. The average Bonchev–Trinajstić information content (AvgIpc) is 2.86. The molecule has 5 nitrogen and oxygen atoms in total. The van der Waals surface area contributed by atoms with Gasteiger partial charge in [-0.15, -0.1) is 12.4 Å². The van der Waals surface area contributed by atoms with Crippen molar-refractivity contribution in [2.45, 2.75) is 18.9 Å². The summed E-state index contributed by atoms with van der Waals surface area (Å²) in [6.07, 6.45) is 1.02. The SMILES string of the molecule is CNCCC(=O)N(C)C1CCN(c2ccccc2Cl)C1=O.Cl. The van der Waals surface area contributed by atoms with Crippen LogP contribution in [0.15, 0.2) is 24.3 Å². The van der Waals surface area contributed by atoms with Gasteiger partial charge < -0.3 is 15.1 Å². The fourth-order valence-corrected chi connectivity index (χ4v) is 2.75. The standard InChI is InChI=1S/C15H20ClN3O2.ClH/c1-17-9-7-14(20)18(2)13-8-10-19(15(13)21)12-6-4-3-5-11(12)16;/h3-6,13,17H,7-10H2,1-2H3;1H. The van der Waals surface area contributed by atoms with Crippen molar-refractivity contribution in [1.82, 2.24) is 10.2 Å². The molecule has 2 amide bonds. The van der Waals surface area contributed by atoms with Crippen molar-refractivity contribution in [3.05, 3.63) is 29.3 Å². The Morgan fingerprint density at radius 1 is 1.45 bits per heavy atom. The van der Waals surface area contributed by atoms with Crippen LogP contribution in [-0.2, 0) is 9.59 Å². The third-order valence-corrected chi connectivity index (χ3v) is 4.09. The maximum absolute atomic E-state index is 12.5. The van der Waals surface area contributed by atoms with Crippen molar-refractivity contribution in [3.8, 4) is 0 Å². The van der Waals surface area contributed by atoms with Gasteiger partial charge in [0.05, 0.1) is 10.7 Å². The van der Waals surface area contributed by atoms with E-state index in [1.54, 1.807) is 30.0 Å². The molecule has 7 heteroatoms. The molecule has 22 heavy (non-hydrogen) atoms.